The van der Waals surface area contributed by atoms with Gasteiger partial charge in [-0.15, -0.1) is 0 Å². The highest BCUT2D eigenvalue weighted by atomic mass is 19.4. The molecule has 1 aromatic heterocycles. The van der Waals surface area contributed by atoms with Gasteiger partial charge < -0.3 is 14.5 Å². The Morgan fingerprint density at radius 3 is 2.79 bits per heavy atom. The van der Waals surface area contributed by atoms with E-state index in [1.165, 1.54) is 6.07 Å². The average molecular weight is 339 g/mol. The molecule has 1 aliphatic rings. The third kappa shape index (κ3) is 3.62. The molecule has 1 unspecified atom stereocenters. The zero-order valence-corrected chi connectivity index (χ0v) is 13.7. The van der Waals surface area contributed by atoms with Crippen molar-refractivity contribution in [1.82, 2.24) is 9.88 Å². The second kappa shape index (κ2) is 6.57. The molecule has 0 amide bonds. The molecule has 2 heterocycles. The number of aromatic nitrogens is 1. The molecule has 130 valence electrons. The zero-order valence-electron chi connectivity index (χ0n) is 13.7. The fraction of sp³-hybridized carbons (Fsp3) is 0.471. The number of likely N-dealkylation sites (N-methyl/N-ethyl adjacent to an activating group) is 1. The number of ether oxygens (including phenoxy) is 1. The molecule has 0 spiro atoms. The highest BCUT2D eigenvalue weighted by Crippen LogP contribution is 2.33. The van der Waals surface area contributed by atoms with E-state index >= 15 is 0 Å². The number of morpholine rings is 1. The molecule has 0 aliphatic carbocycles. The lowest BCUT2D eigenvalue weighted by Crippen LogP contribution is -2.46. The van der Waals surface area contributed by atoms with Gasteiger partial charge in [0.2, 0.25) is 0 Å². The number of alkyl halides is 3. The largest absolute Gasteiger partial charge is 0.416 e. The summed E-state index contributed by atoms with van der Waals surface area (Å²) >= 11 is 0. The smallest absolute Gasteiger partial charge is 0.373 e. The summed E-state index contributed by atoms with van der Waals surface area (Å²) in [4.78, 5) is 8.34. The van der Waals surface area contributed by atoms with Crippen molar-refractivity contribution in [2.24, 2.45) is 0 Å². The second-order valence-corrected chi connectivity index (χ2v) is 6.26. The van der Waals surface area contributed by atoms with E-state index in [2.05, 4.69) is 14.8 Å². The van der Waals surface area contributed by atoms with Crippen molar-refractivity contribution >= 4 is 16.6 Å². The van der Waals surface area contributed by atoms with Crippen LogP contribution in [0.2, 0.25) is 0 Å². The fourth-order valence-electron chi connectivity index (χ4n) is 3.04. The van der Waals surface area contributed by atoms with Crippen molar-refractivity contribution < 1.29 is 17.9 Å². The number of nitrogens with zero attached hydrogens (tertiary/aromatic N) is 3. The van der Waals surface area contributed by atoms with Gasteiger partial charge in [-0.2, -0.15) is 13.2 Å². The van der Waals surface area contributed by atoms with Crippen LogP contribution in [0.1, 0.15) is 5.56 Å². The van der Waals surface area contributed by atoms with E-state index in [1.54, 1.807) is 6.20 Å². The van der Waals surface area contributed by atoms with Gasteiger partial charge in [-0.25, -0.2) is 0 Å². The molecule has 24 heavy (non-hydrogen) atoms. The topological polar surface area (TPSA) is 28.6 Å². The number of fused-ring (bicyclic) bond motifs is 1. The second-order valence-electron chi connectivity index (χ2n) is 6.26. The van der Waals surface area contributed by atoms with Gasteiger partial charge in [-0.05, 0) is 32.3 Å². The summed E-state index contributed by atoms with van der Waals surface area (Å²) in [6, 6.07) is 5.59. The Morgan fingerprint density at radius 1 is 1.29 bits per heavy atom. The number of hydrogen-bond donors (Lipinski definition) is 0. The Morgan fingerprint density at radius 2 is 2.08 bits per heavy atom. The van der Waals surface area contributed by atoms with Crippen LogP contribution in [0.15, 0.2) is 30.5 Å². The van der Waals surface area contributed by atoms with Gasteiger partial charge in [0, 0.05) is 36.9 Å². The van der Waals surface area contributed by atoms with E-state index in [0.717, 1.165) is 29.8 Å². The third-order valence-electron chi connectivity index (χ3n) is 4.10. The normalized spacial score (nSPS) is 19.2. The Balaban J connectivity index is 1.92. The summed E-state index contributed by atoms with van der Waals surface area (Å²) < 4.78 is 44.4. The summed E-state index contributed by atoms with van der Waals surface area (Å²) in [7, 11) is 3.98. The summed E-state index contributed by atoms with van der Waals surface area (Å²) in [6.45, 7) is 2.82. The van der Waals surface area contributed by atoms with E-state index in [0.29, 0.717) is 25.2 Å². The summed E-state index contributed by atoms with van der Waals surface area (Å²) in [5.41, 5.74) is 0.589. The molecule has 0 radical (unpaired) electrons. The number of benzene rings is 1. The molecule has 4 nitrogen and oxygen atoms in total. The zero-order chi connectivity index (χ0) is 17.3. The lowest BCUT2D eigenvalue weighted by atomic mass is 10.1. The fourth-order valence-corrected chi connectivity index (χ4v) is 3.04. The number of pyridine rings is 1. The van der Waals surface area contributed by atoms with Crippen molar-refractivity contribution in [2.75, 3.05) is 45.2 Å². The maximum Gasteiger partial charge on any atom is 0.416 e. The van der Waals surface area contributed by atoms with Crippen molar-refractivity contribution in [1.29, 1.82) is 0 Å². The minimum Gasteiger partial charge on any atom is -0.373 e. The number of hydrogen-bond acceptors (Lipinski definition) is 4. The molecule has 7 heteroatoms. The number of rotatable bonds is 3. The molecular weight excluding hydrogens is 319 g/mol. The minimum atomic E-state index is -4.36. The molecule has 2 aromatic rings. The molecule has 1 aliphatic heterocycles. The predicted octanol–water partition coefficient (Wildman–Crippen LogP) is 3.02. The highest BCUT2D eigenvalue weighted by molar-refractivity contribution is 5.92. The van der Waals surface area contributed by atoms with Gasteiger partial charge in [0.1, 0.15) is 0 Å². The van der Waals surface area contributed by atoms with E-state index in [9.17, 15) is 13.2 Å². The highest BCUT2D eigenvalue weighted by Gasteiger charge is 2.31. The van der Waals surface area contributed by atoms with Crippen LogP contribution in [0, 0.1) is 0 Å². The van der Waals surface area contributed by atoms with Crippen molar-refractivity contribution in [3.63, 3.8) is 0 Å². The van der Waals surface area contributed by atoms with E-state index in [-0.39, 0.29) is 6.10 Å². The first-order valence-electron chi connectivity index (χ1n) is 7.82. The molecule has 3 rings (SSSR count). The summed E-state index contributed by atoms with van der Waals surface area (Å²) in [6.07, 6.45) is -2.72. The van der Waals surface area contributed by atoms with Crippen LogP contribution in [0.5, 0.6) is 0 Å². The van der Waals surface area contributed by atoms with Crippen molar-refractivity contribution in [2.45, 2.75) is 12.3 Å². The van der Waals surface area contributed by atoms with Crippen molar-refractivity contribution in [3.8, 4) is 0 Å². The van der Waals surface area contributed by atoms with Crippen LogP contribution in [0.25, 0.3) is 10.9 Å². The molecule has 0 bridgehead atoms. The lowest BCUT2D eigenvalue weighted by molar-refractivity contribution is -0.137. The molecule has 0 saturated carbocycles. The Bertz CT molecular complexity index is 718. The van der Waals surface area contributed by atoms with E-state index < -0.39 is 11.7 Å². The standard InChI is InChI=1S/C17H20F3N3O/c1-22(2)10-13-11-23(7-8-24-13)16-5-6-21-15-9-12(17(18,19)20)3-4-14(15)16/h3-6,9,13H,7-8,10-11H2,1-2H3. The van der Waals surface area contributed by atoms with Gasteiger partial charge in [-0.3, -0.25) is 4.98 Å². The molecule has 1 aromatic carbocycles. The van der Waals surface area contributed by atoms with Crippen LogP contribution >= 0.6 is 0 Å². The van der Waals surface area contributed by atoms with Crippen LogP contribution < -0.4 is 4.90 Å². The third-order valence-corrected chi connectivity index (χ3v) is 4.10. The summed E-state index contributed by atoms with van der Waals surface area (Å²) in [5, 5.41) is 0.732. The van der Waals surface area contributed by atoms with E-state index in [4.69, 9.17) is 4.74 Å². The maximum absolute atomic E-state index is 12.9. The van der Waals surface area contributed by atoms with Gasteiger partial charge in [0.15, 0.2) is 0 Å². The Kier molecular flexibility index (Phi) is 4.64. The maximum atomic E-state index is 12.9. The Labute approximate surface area is 138 Å². The molecule has 1 fully saturated rings. The minimum absolute atomic E-state index is 0.0754. The first-order valence-corrected chi connectivity index (χ1v) is 7.82. The molecule has 0 N–H and O–H groups in total. The first kappa shape index (κ1) is 17.0. The van der Waals surface area contributed by atoms with Crippen LogP contribution in [-0.4, -0.2) is 56.3 Å². The quantitative estimate of drug-likeness (QED) is 0.859. The number of halogens is 3. The SMILES string of the molecule is CN(C)CC1CN(c2ccnc3cc(C(F)(F)F)ccc23)CCO1. The van der Waals surface area contributed by atoms with Crippen LogP contribution in [-0.2, 0) is 10.9 Å². The van der Waals surface area contributed by atoms with E-state index in [1.807, 2.05) is 20.2 Å². The number of anilines is 1. The van der Waals surface area contributed by atoms with Gasteiger partial charge in [-0.1, -0.05) is 6.07 Å². The van der Waals surface area contributed by atoms with Gasteiger partial charge in [0.05, 0.1) is 23.8 Å². The summed E-state index contributed by atoms with van der Waals surface area (Å²) in [5.74, 6) is 0. The van der Waals surface area contributed by atoms with Crippen molar-refractivity contribution in [3.05, 3.63) is 36.0 Å². The van der Waals surface area contributed by atoms with Gasteiger partial charge >= 0.3 is 6.18 Å². The predicted molar refractivity (Wildman–Crippen MR) is 87.3 cm³/mol. The Hall–Kier alpha value is -1.86. The van der Waals surface area contributed by atoms with Gasteiger partial charge in [0.25, 0.3) is 0 Å². The molecule has 1 atom stereocenters. The molecule has 1 saturated heterocycles. The lowest BCUT2D eigenvalue weighted by Gasteiger charge is -2.36. The van der Waals surface area contributed by atoms with Crippen LogP contribution in [0.3, 0.4) is 0 Å². The monoisotopic (exact) mass is 339 g/mol. The first-order chi connectivity index (χ1) is 11.3. The average Bonchev–Trinajstić information content (AvgIpc) is 2.52. The van der Waals surface area contributed by atoms with Crippen LogP contribution in [0.4, 0.5) is 18.9 Å². The molecular formula is C17H20F3N3O.